The van der Waals surface area contributed by atoms with E-state index in [0.717, 1.165) is 11.3 Å². The van der Waals surface area contributed by atoms with Gasteiger partial charge in [-0.25, -0.2) is 0 Å². The summed E-state index contributed by atoms with van der Waals surface area (Å²) in [7, 11) is 3.13. The highest BCUT2D eigenvalue weighted by molar-refractivity contribution is 6.31. The molecule has 0 unspecified atom stereocenters. The van der Waals surface area contributed by atoms with Crippen LogP contribution < -0.4 is 20.1 Å². The number of benzene rings is 2. The van der Waals surface area contributed by atoms with Crippen LogP contribution in [0.3, 0.4) is 0 Å². The van der Waals surface area contributed by atoms with Crippen molar-refractivity contribution in [2.75, 3.05) is 31.4 Å². The Morgan fingerprint density at radius 2 is 1.70 bits per heavy atom. The SMILES string of the molecule is COc1ccc(C)cc1NCC(=O)Nc1cc(Cl)ccc1OC. The predicted octanol–water partition coefficient (Wildman–Crippen LogP) is 3.72. The van der Waals surface area contributed by atoms with Gasteiger partial charge in [-0.2, -0.15) is 0 Å². The molecule has 0 heterocycles. The molecule has 0 fully saturated rings. The Morgan fingerprint density at radius 3 is 2.39 bits per heavy atom. The van der Waals surface area contributed by atoms with Crippen LogP contribution in [0.5, 0.6) is 11.5 Å². The maximum absolute atomic E-state index is 12.1. The minimum absolute atomic E-state index is 0.0927. The number of hydrogen-bond acceptors (Lipinski definition) is 4. The summed E-state index contributed by atoms with van der Waals surface area (Å²) in [6.07, 6.45) is 0. The first-order chi connectivity index (χ1) is 11.0. The lowest BCUT2D eigenvalue weighted by atomic mass is 10.2. The van der Waals surface area contributed by atoms with Gasteiger partial charge in [0, 0.05) is 5.02 Å². The summed E-state index contributed by atoms with van der Waals surface area (Å²) < 4.78 is 10.5. The fourth-order valence-corrected chi connectivity index (χ4v) is 2.28. The van der Waals surface area contributed by atoms with Crippen LogP contribution in [0.25, 0.3) is 0 Å². The second kappa shape index (κ2) is 7.74. The molecule has 0 bridgehead atoms. The second-order valence-corrected chi connectivity index (χ2v) is 5.39. The average molecular weight is 335 g/mol. The predicted molar refractivity (Wildman–Crippen MR) is 92.9 cm³/mol. The first-order valence-electron chi connectivity index (χ1n) is 7.05. The lowest BCUT2D eigenvalue weighted by Gasteiger charge is -2.13. The lowest BCUT2D eigenvalue weighted by Crippen LogP contribution is -2.22. The number of ether oxygens (including phenoxy) is 2. The number of amides is 1. The molecule has 2 aromatic carbocycles. The Balaban J connectivity index is 2.04. The van der Waals surface area contributed by atoms with E-state index in [1.807, 2.05) is 25.1 Å². The highest BCUT2D eigenvalue weighted by Crippen LogP contribution is 2.28. The number of halogens is 1. The van der Waals surface area contributed by atoms with Crippen molar-refractivity contribution < 1.29 is 14.3 Å². The van der Waals surface area contributed by atoms with Crippen molar-refractivity contribution in [3.05, 3.63) is 47.0 Å². The van der Waals surface area contributed by atoms with Gasteiger partial charge in [-0.15, -0.1) is 0 Å². The summed E-state index contributed by atoms with van der Waals surface area (Å²) in [6.45, 7) is 2.07. The largest absolute Gasteiger partial charge is 0.495 e. The van der Waals surface area contributed by atoms with E-state index in [1.165, 1.54) is 7.11 Å². The first kappa shape index (κ1) is 17.0. The Hall–Kier alpha value is -2.40. The number of rotatable bonds is 6. The van der Waals surface area contributed by atoms with Gasteiger partial charge >= 0.3 is 0 Å². The van der Waals surface area contributed by atoms with E-state index in [9.17, 15) is 4.79 Å². The van der Waals surface area contributed by atoms with Gasteiger partial charge in [-0.1, -0.05) is 17.7 Å². The third-order valence-corrected chi connectivity index (χ3v) is 3.47. The first-order valence-corrected chi connectivity index (χ1v) is 7.43. The van der Waals surface area contributed by atoms with Crippen molar-refractivity contribution >= 4 is 28.9 Å². The molecule has 2 N–H and O–H groups in total. The Kier molecular flexibility index (Phi) is 5.71. The van der Waals surface area contributed by atoms with Crippen molar-refractivity contribution in [1.82, 2.24) is 0 Å². The highest BCUT2D eigenvalue weighted by atomic mass is 35.5. The molecule has 0 aliphatic heterocycles. The summed E-state index contributed by atoms with van der Waals surface area (Å²) in [5.74, 6) is 1.02. The standard InChI is InChI=1S/C17H19ClN2O3/c1-11-4-6-15(22-2)13(8-11)19-10-17(21)20-14-9-12(18)5-7-16(14)23-3/h4-9,19H,10H2,1-3H3,(H,20,21). The summed E-state index contributed by atoms with van der Waals surface area (Å²) in [4.78, 5) is 12.1. The van der Waals surface area contributed by atoms with E-state index in [0.29, 0.717) is 22.2 Å². The molecular formula is C17H19ClN2O3. The highest BCUT2D eigenvalue weighted by Gasteiger charge is 2.10. The average Bonchev–Trinajstić information content (AvgIpc) is 2.53. The van der Waals surface area contributed by atoms with Gasteiger partial charge in [0.05, 0.1) is 32.1 Å². The molecule has 0 aromatic heterocycles. The monoisotopic (exact) mass is 334 g/mol. The molecular weight excluding hydrogens is 316 g/mol. The van der Waals surface area contributed by atoms with Crippen molar-refractivity contribution in [1.29, 1.82) is 0 Å². The zero-order valence-electron chi connectivity index (χ0n) is 13.3. The molecule has 0 aliphatic rings. The number of nitrogens with one attached hydrogen (secondary N) is 2. The van der Waals surface area contributed by atoms with Gasteiger partial charge in [0.1, 0.15) is 11.5 Å². The van der Waals surface area contributed by atoms with Crippen molar-refractivity contribution in [3.8, 4) is 11.5 Å². The smallest absolute Gasteiger partial charge is 0.243 e. The van der Waals surface area contributed by atoms with Crippen molar-refractivity contribution in [2.24, 2.45) is 0 Å². The molecule has 0 aliphatic carbocycles. The van der Waals surface area contributed by atoms with Crippen LogP contribution in [0.2, 0.25) is 5.02 Å². The second-order valence-electron chi connectivity index (χ2n) is 4.95. The molecule has 0 atom stereocenters. The number of carbonyl (C=O) groups excluding carboxylic acids is 1. The van der Waals surface area contributed by atoms with E-state index >= 15 is 0 Å². The number of carbonyl (C=O) groups is 1. The summed E-state index contributed by atoms with van der Waals surface area (Å²) in [5, 5.41) is 6.36. The minimum atomic E-state index is -0.214. The summed E-state index contributed by atoms with van der Waals surface area (Å²) in [6, 6.07) is 10.8. The third-order valence-electron chi connectivity index (χ3n) is 3.23. The third kappa shape index (κ3) is 4.53. The molecule has 0 spiro atoms. The molecule has 0 saturated heterocycles. The molecule has 5 nitrogen and oxygen atoms in total. The van der Waals surface area contributed by atoms with Gasteiger partial charge in [-0.05, 0) is 42.8 Å². The van der Waals surface area contributed by atoms with Gasteiger partial charge in [0.15, 0.2) is 0 Å². The van der Waals surface area contributed by atoms with Crippen LogP contribution in [-0.2, 0) is 4.79 Å². The van der Waals surface area contributed by atoms with Crippen molar-refractivity contribution in [3.63, 3.8) is 0 Å². The number of aryl methyl sites for hydroxylation is 1. The van der Waals surface area contributed by atoms with Gasteiger partial charge in [0.25, 0.3) is 0 Å². The maximum atomic E-state index is 12.1. The fraction of sp³-hybridized carbons (Fsp3) is 0.235. The molecule has 122 valence electrons. The molecule has 0 saturated carbocycles. The molecule has 0 radical (unpaired) electrons. The number of methoxy groups -OCH3 is 2. The molecule has 23 heavy (non-hydrogen) atoms. The molecule has 6 heteroatoms. The van der Waals surface area contributed by atoms with Crippen LogP contribution in [0, 0.1) is 6.92 Å². The Morgan fingerprint density at radius 1 is 1.04 bits per heavy atom. The Bertz CT molecular complexity index is 704. The van der Waals surface area contributed by atoms with Gasteiger partial charge < -0.3 is 20.1 Å². The van der Waals surface area contributed by atoms with E-state index in [4.69, 9.17) is 21.1 Å². The zero-order valence-corrected chi connectivity index (χ0v) is 14.0. The molecule has 1 amide bonds. The Labute approximate surface area is 140 Å². The normalized spacial score (nSPS) is 10.1. The topological polar surface area (TPSA) is 59.6 Å². The van der Waals surface area contributed by atoms with Crippen molar-refractivity contribution in [2.45, 2.75) is 6.92 Å². The fourth-order valence-electron chi connectivity index (χ4n) is 2.11. The van der Waals surface area contributed by atoms with Gasteiger partial charge in [0.2, 0.25) is 5.91 Å². The summed E-state index contributed by atoms with van der Waals surface area (Å²) >= 11 is 5.95. The van der Waals surface area contributed by atoms with E-state index in [-0.39, 0.29) is 12.5 Å². The molecule has 2 aromatic rings. The van der Waals surface area contributed by atoms with E-state index in [1.54, 1.807) is 25.3 Å². The van der Waals surface area contributed by atoms with Crippen LogP contribution in [0.15, 0.2) is 36.4 Å². The van der Waals surface area contributed by atoms with Gasteiger partial charge in [-0.3, -0.25) is 4.79 Å². The van der Waals surface area contributed by atoms with Crippen LogP contribution in [0.4, 0.5) is 11.4 Å². The van der Waals surface area contributed by atoms with E-state index < -0.39 is 0 Å². The minimum Gasteiger partial charge on any atom is -0.495 e. The van der Waals surface area contributed by atoms with Crippen LogP contribution >= 0.6 is 11.6 Å². The number of hydrogen-bond donors (Lipinski definition) is 2. The molecule has 2 rings (SSSR count). The zero-order chi connectivity index (χ0) is 16.8. The van der Waals surface area contributed by atoms with Crippen LogP contribution in [-0.4, -0.2) is 26.7 Å². The quantitative estimate of drug-likeness (QED) is 0.845. The number of anilines is 2. The lowest BCUT2D eigenvalue weighted by molar-refractivity contribution is -0.114. The van der Waals surface area contributed by atoms with E-state index in [2.05, 4.69) is 10.6 Å². The summed E-state index contributed by atoms with van der Waals surface area (Å²) in [5.41, 5.74) is 2.37. The van der Waals surface area contributed by atoms with Crippen LogP contribution in [0.1, 0.15) is 5.56 Å². The maximum Gasteiger partial charge on any atom is 0.243 e.